The van der Waals surface area contributed by atoms with Crippen LogP contribution in [0.15, 0.2) is 59.7 Å². The number of benzene rings is 2. The summed E-state index contributed by atoms with van der Waals surface area (Å²) in [5.74, 6) is 1.40. The molecule has 33 heavy (non-hydrogen) atoms. The van der Waals surface area contributed by atoms with E-state index in [0.29, 0.717) is 12.2 Å². The lowest BCUT2D eigenvalue weighted by molar-refractivity contribution is 0.0574. The first-order valence-corrected chi connectivity index (χ1v) is 11.2. The third-order valence-electron chi connectivity index (χ3n) is 6.28. The molecule has 1 atom stereocenters. The molecule has 1 saturated heterocycles. The summed E-state index contributed by atoms with van der Waals surface area (Å²) in [6, 6.07) is 11.5. The van der Waals surface area contributed by atoms with Gasteiger partial charge in [-0.05, 0) is 73.2 Å². The van der Waals surface area contributed by atoms with Crippen LogP contribution in [0.3, 0.4) is 0 Å². The van der Waals surface area contributed by atoms with Gasteiger partial charge in [0.2, 0.25) is 0 Å². The first-order valence-electron chi connectivity index (χ1n) is 11.2. The fourth-order valence-corrected chi connectivity index (χ4v) is 4.50. The van der Waals surface area contributed by atoms with Gasteiger partial charge in [-0.3, -0.25) is 0 Å². The average molecular weight is 447 g/mol. The van der Waals surface area contributed by atoms with Crippen LogP contribution in [0.1, 0.15) is 41.3 Å². The minimum atomic E-state index is -0.190. The number of aryl methyl sites for hydroxylation is 2. The summed E-state index contributed by atoms with van der Waals surface area (Å²) in [7, 11) is 1.67. The largest absolute Gasteiger partial charge is 0.495 e. The number of halogens is 1. The molecule has 3 aromatic rings. The zero-order valence-electron chi connectivity index (χ0n) is 19.1. The van der Waals surface area contributed by atoms with Crippen LogP contribution in [0.4, 0.5) is 4.39 Å². The zero-order valence-corrected chi connectivity index (χ0v) is 19.1. The van der Waals surface area contributed by atoms with E-state index in [1.54, 1.807) is 26.4 Å². The third kappa shape index (κ3) is 4.11. The third-order valence-corrected chi connectivity index (χ3v) is 6.28. The molecule has 0 aliphatic carbocycles. The summed E-state index contributed by atoms with van der Waals surface area (Å²) in [5.41, 5.74) is 5.57. The minimum absolute atomic E-state index is 0.0577. The van der Waals surface area contributed by atoms with Crippen LogP contribution in [0.2, 0.25) is 0 Å². The molecule has 0 N–H and O–H groups in total. The minimum Gasteiger partial charge on any atom is -0.495 e. The molecule has 2 aliphatic heterocycles. The Morgan fingerprint density at radius 1 is 1.18 bits per heavy atom. The summed E-state index contributed by atoms with van der Waals surface area (Å²) < 4.78 is 21.9. The van der Waals surface area contributed by atoms with Gasteiger partial charge in [0.15, 0.2) is 5.84 Å². The summed E-state index contributed by atoms with van der Waals surface area (Å²) in [6.07, 6.45) is 7.79. The van der Waals surface area contributed by atoms with Gasteiger partial charge in [-0.15, -0.1) is 0 Å². The number of imidazole rings is 1. The highest BCUT2D eigenvalue weighted by Crippen LogP contribution is 2.34. The van der Waals surface area contributed by atoms with Crippen LogP contribution in [0.25, 0.3) is 11.8 Å². The number of hydrogen-bond donors (Lipinski definition) is 0. The van der Waals surface area contributed by atoms with Gasteiger partial charge in [0.1, 0.15) is 18.2 Å². The van der Waals surface area contributed by atoms with Gasteiger partial charge in [-0.2, -0.15) is 0 Å². The first kappa shape index (κ1) is 21.2. The van der Waals surface area contributed by atoms with Crippen LogP contribution < -0.4 is 4.74 Å². The van der Waals surface area contributed by atoms with Crippen LogP contribution >= 0.6 is 0 Å². The molecular weight excluding hydrogens is 419 g/mol. The Labute approximate surface area is 192 Å². The highest BCUT2D eigenvalue weighted by Gasteiger charge is 2.33. The Morgan fingerprint density at radius 2 is 2.06 bits per heavy atom. The number of hydrogen-bond acceptors (Lipinski definition) is 5. The Kier molecular flexibility index (Phi) is 5.62. The molecule has 2 aliphatic rings. The van der Waals surface area contributed by atoms with Gasteiger partial charge in [0, 0.05) is 12.7 Å². The monoisotopic (exact) mass is 446 g/mol. The Bertz CT molecular complexity index is 1250. The Morgan fingerprint density at radius 3 is 2.82 bits per heavy atom. The van der Waals surface area contributed by atoms with Gasteiger partial charge >= 0.3 is 0 Å². The molecule has 0 saturated carbocycles. The van der Waals surface area contributed by atoms with Gasteiger partial charge in [-0.1, -0.05) is 23.4 Å². The van der Waals surface area contributed by atoms with E-state index in [2.05, 4.69) is 27.2 Å². The maximum Gasteiger partial charge on any atom is 0.172 e. The molecule has 0 amide bonds. The van der Waals surface area contributed by atoms with E-state index in [9.17, 15) is 4.39 Å². The van der Waals surface area contributed by atoms with Crippen molar-refractivity contribution in [1.29, 1.82) is 0 Å². The fraction of sp³-hybridized carbons (Fsp3) is 0.308. The molecule has 170 valence electrons. The van der Waals surface area contributed by atoms with Gasteiger partial charge in [-0.25, -0.2) is 9.37 Å². The van der Waals surface area contributed by atoms with E-state index < -0.39 is 0 Å². The molecular formula is C26H27FN4O2. The van der Waals surface area contributed by atoms with Gasteiger partial charge < -0.3 is 19.0 Å². The summed E-state index contributed by atoms with van der Waals surface area (Å²) >= 11 is 0. The molecule has 0 spiro atoms. The Balaban J connectivity index is 1.45. The van der Waals surface area contributed by atoms with E-state index in [4.69, 9.17) is 9.57 Å². The molecule has 0 radical (unpaired) electrons. The van der Waals surface area contributed by atoms with Crippen molar-refractivity contribution in [3.63, 3.8) is 0 Å². The number of nitrogens with zero attached hydrogens (tertiary/aromatic N) is 4. The lowest BCUT2D eigenvalue weighted by atomic mass is 9.95. The van der Waals surface area contributed by atoms with Crippen molar-refractivity contribution in [2.24, 2.45) is 5.16 Å². The fourth-order valence-electron chi connectivity index (χ4n) is 4.50. The molecule has 5 rings (SSSR count). The lowest BCUT2D eigenvalue weighted by Crippen LogP contribution is -2.44. The summed E-state index contributed by atoms with van der Waals surface area (Å²) in [6.45, 7) is 5.01. The van der Waals surface area contributed by atoms with Crippen molar-refractivity contribution in [2.75, 3.05) is 20.3 Å². The van der Waals surface area contributed by atoms with Crippen molar-refractivity contribution in [3.05, 3.63) is 82.7 Å². The zero-order chi connectivity index (χ0) is 22.9. The molecule has 6 nitrogen and oxygen atoms in total. The number of oxime groups is 1. The summed E-state index contributed by atoms with van der Waals surface area (Å²) in [4.78, 5) is 12.2. The number of methoxy groups -OCH3 is 1. The predicted octanol–water partition coefficient (Wildman–Crippen LogP) is 5.20. The second-order valence-corrected chi connectivity index (χ2v) is 8.56. The van der Waals surface area contributed by atoms with E-state index in [1.165, 1.54) is 0 Å². The number of piperidine rings is 1. The van der Waals surface area contributed by atoms with E-state index in [1.807, 2.05) is 42.0 Å². The van der Waals surface area contributed by atoms with Crippen molar-refractivity contribution in [3.8, 4) is 11.4 Å². The number of aromatic nitrogens is 2. The van der Waals surface area contributed by atoms with Crippen LogP contribution in [-0.2, 0) is 4.84 Å². The first-order chi connectivity index (χ1) is 16.0. The van der Waals surface area contributed by atoms with Crippen molar-refractivity contribution in [1.82, 2.24) is 14.5 Å². The maximum absolute atomic E-state index is 14.2. The molecule has 1 fully saturated rings. The standard InChI is InChI=1S/C26H27FN4O2/c1-17-6-8-20(13-22(17)27)24-15-33-29-26-21(5-4-10-31(24)26)11-19-7-9-23(25(12-19)32-3)30-14-18(2)28-16-30/h6-9,11-14,16,24H,4-5,10,15H2,1-3H3/b21-11+. The van der Waals surface area contributed by atoms with Crippen LogP contribution in [0.5, 0.6) is 5.75 Å². The molecule has 2 aromatic carbocycles. The normalized spacial score (nSPS) is 19.2. The molecule has 7 heteroatoms. The lowest BCUT2D eigenvalue weighted by Gasteiger charge is -2.40. The molecule has 0 bridgehead atoms. The molecule has 1 aromatic heterocycles. The van der Waals surface area contributed by atoms with Crippen molar-refractivity contribution < 1.29 is 14.0 Å². The van der Waals surface area contributed by atoms with E-state index in [0.717, 1.165) is 59.1 Å². The van der Waals surface area contributed by atoms with Crippen LogP contribution in [0, 0.1) is 19.7 Å². The SMILES string of the molecule is COc1cc(/C=C2\CCCN3C2=NOCC3c2ccc(C)c(F)c2)ccc1-n1cnc(C)c1. The predicted molar refractivity (Wildman–Crippen MR) is 126 cm³/mol. The topological polar surface area (TPSA) is 51.9 Å². The summed E-state index contributed by atoms with van der Waals surface area (Å²) in [5, 5.41) is 4.39. The van der Waals surface area contributed by atoms with Crippen molar-refractivity contribution >= 4 is 11.9 Å². The number of ether oxygens (including phenoxy) is 1. The smallest absolute Gasteiger partial charge is 0.172 e. The van der Waals surface area contributed by atoms with Gasteiger partial charge in [0.25, 0.3) is 0 Å². The number of fused-ring (bicyclic) bond motifs is 1. The highest BCUT2D eigenvalue weighted by molar-refractivity contribution is 6.03. The quantitative estimate of drug-likeness (QED) is 0.553. The highest BCUT2D eigenvalue weighted by atomic mass is 19.1. The molecule has 3 heterocycles. The van der Waals surface area contributed by atoms with E-state index in [-0.39, 0.29) is 11.9 Å². The number of rotatable bonds is 4. The molecule has 1 unspecified atom stereocenters. The second kappa shape index (κ2) is 8.73. The maximum atomic E-state index is 14.2. The van der Waals surface area contributed by atoms with E-state index >= 15 is 0 Å². The second-order valence-electron chi connectivity index (χ2n) is 8.56. The van der Waals surface area contributed by atoms with Gasteiger partial charge in [0.05, 0.1) is 30.9 Å². The van der Waals surface area contributed by atoms with Crippen molar-refractivity contribution in [2.45, 2.75) is 32.7 Å². The Hall–Kier alpha value is -3.61. The number of amidine groups is 1. The van der Waals surface area contributed by atoms with Crippen LogP contribution in [-0.4, -0.2) is 40.5 Å². The average Bonchev–Trinajstić information content (AvgIpc) is 3.26.